The van der Waals surface area contributed by atoms with Gasteiger partial charge >= 0.3 is 0 Å². The molecule has 0 bridgehead atoms. The number of carbonyl (C=O) groups excluding carboxylic acids is 2. The van der Waals surface area contributed by atoms with Gasteiger partial charge in [0.05, 0.1) is 0 Å². The molecule has 1 aromatic rings. The van der Waals surface area contributed by atoms with Gasteiger partial charge in [-0.25, -0.2) is 0 Å². The highest BCUT2D eigenvalue weighted by molar-refractivity contribution is 5.74. The Bertz CT molecular complexity index is 372. The summed E-state index contributed by atoms with van der Waals surface area (Å²) < 4.78 is 0. The van der Waals surface area contributed by atoms with Gasteiger partial charge in [0.1, 0.15) is 12.6 Å². The summed E-state index contributed by atoms with van der Waals surface area (Å²) in [6.45, 7) is 0. The Morgan fingerprint density at radius 2 is 1.53 bits per heavy atom. The third-order valence-corrected chi connectivity index (χ3v) is 1.85. The molecule has 0 saturated heterocycles. The average molecular weight is 200 g/mol. The topological polar surface area (TPSA) is 34.1 Å². The van der Waals surface area contributed by atoms with Crippen LogP contribution in [-0.2, 0) is 9.59 Å². The number of rotatable bonds is 5. The number of benzene rings is 1. The lowest BCUT2D eigenvalue weighted by Gasteiger charge is -1.94. The van der Waals surface area contributed by atoms with Crippen LogP contribution >= 0.6 is 0 Å². The normalized spacial score (nSPS) is 10.9. The van der Waals surface area contributed by atoms with Crippen molar-refractivity contribution in [3.05, 3.63) is 47.5 Å². The first-order chi connectivity index (χ1) is 7.36. The van der Waals surface area contributed by atoms with Gasteiger partial charge in [-0.15, -0.1) is 0 Å². The Hall–Kier alpha value is -1.96. The number of allylic oxidation sites excluding steroid dienone is 2. The van der Waals surface area contributed by atoms with Gasteiger partial charge in [-0.3, -0.25) is 4.79 Å². The summed E-state index contributed by atoms with van der Waals surface area (Å²) in [5, 5.41) is 0. The Kier molecular flexibility index (Phi) is 4.81. The van der Waals surface area contributed by atoms with Crippen LogP contribution in [0.15, 0.2) is 36.4 Å². The second-order valence-corrected chi connectivity index (χ2v) is 2.97. The Labute approximate surface area is 88.9 Å². The molecule has 2 heteroatoms. The van der Waals surface area contributed by atoms with Gasteiger partial charge in [0.25, 0.3) is 0 Å². The molecule has 0 aromatic heterocycles. The Morgan fingerprint density at radius 1 is 0.933 bits per heavy atom. The maximum absolute atomic E-state index is 10.1. The van der Waals surface area contributed by atoms with Crippen LogP contribution < -0.4 is 0 Å². The van der Waals surface area contributed by atoms with Crippen LogP contribution in [0.3, 0.4) is 0 Å². The van der Waals surface area contributed by atoms with Crippen LogP contribution in [0.2, 0.25) is 0 Å². The first-order valence-electron chi connectivity index (χ1n) is 4.69. The zero-order chi connectivity index (χ0) is 10.9. The fraction of sp³-hybridized carbons (Fsp3) is 0.0769. The van der Waals surface area contributed by atoms with Crippen molar-refractivity contribution in [2.24, 2.45) is 0 Å². The summed E-state index contributed by atoms with van der Waals surface area (Å²) in [7, 11) is 0. The molecule has 0 aliphatic rings. The predicted octanol–water partition coefficient (Wildman–Crippen LogP) is 2.50. The van der Waals surface area contributed by atoms with Crippen LogP contribution in [0, 0.1) is 0 Å². The van der Waals surface area contributed by atoms with E-state index in [1.54, 1.807) is 6.08 Å². The van der Waals surface area contributed by atoms with Crippen molar-refractivity contribution < 1.29 is 9.59 Å². The summed E-state index contributed by atoms with van der Waals surface area (Å²) in [5.41, 5.74) is 2.02. The molecule has 0 aliphatic heterocycles. The maximum Gasteiger partial charge on any atom is 0.142 e. The number of carbonyl (C=O) groups is 2. The molecule has 0 atom stereocenters. The van der Waals surface area contributed by atoms with Crippen molar-refractivity contribution in [3.63, 3.8) is 0 Å². The fourth-order valence-electron chi connectivity index (χ4n) is 1.13. The van der Waals surface area contributed by atoms with Gasteiger partial charge in [-0.1, -0.05) is 42.5 Å². The first kappa shape index (κ1) is 11.1. The lowest BCUT2D eigenvalue weighted by Crippen LogP contribution is -1.75. The van der Waals surface area contributed by atoms with Crippen molar-refractivity contribution in [2.75, 3.05) is 0 Å². The van der Waals surface area contributed by atoms with Gasteiger partial charge in [0.2, 0.25) is 0 Å². The lowest BCUT2D eigenvalue weighted by molar-refractivity contribution is -0.107. The highest BCUT2D eigenvalue weighted by Crippen LogP contribution is 2.07. The van der Waals surface area contributed by atoms with E-state index in [2.05, 4.69) is 0 Å². The zero-order valence-corrected chi connectivity index (χ0v) is 8.30. The highest BCUT2D eigenvalue weighted by Gasteiger charge is 1.87. The SMILES string of the molecule is O=C/C=C/c1ccc(C=CCC=O)cc1. The van der Waals surface area contributed by atoms with Crippen LogP contribution in [0.5, 0.6) is 0 Å². The van der Waals surface area contributed by atoms with E-state index in [1.807, 2.05) is 36.4 Å². The molecule has 0 fully saturated rings. The molecule has 0 saturated carbocycles. The molecule has 15 heavy (non-hydrogen) atoms. The van der Waals surface area contributed by atoms with Crippen molar-refractivity contribution >= 4 is 24.7 Å². The molecule has 0 amide bonds. The summed E-state index contributed by atoms with van der Waals surface area (Å²) in [6.07, 6.45) is 8.94. The van der Waals surface area contributed by atoms with Crippen molar-refractivity contribution in [1.82, 2.24) is 0 Å². The van der Waals surface area contributed by atoms with Gasteiger partial charge in [0, 0.05) is 6.42 Å². The minimum atomic E-state index is 0.437. The van der Waals surface area contributed by atoms with E-state index < -0.39 is 0 Å². The third-order valence-electron chi connectivity index (χ3n) is 1.85. The van der Waals surface area contributed by atoms with Crippen LogP contribution in [0.25, 0.3) is 12.2 Å². The molecule has 0 radical (unpaired) electrons. The maximum atomic E-state index is 10.1. The van der Waals surface area contributed by atoms with Crippen molar-refractivity contribution in [2.45, 2.75) is 6.42 Å². The first-order valence-corrected chi connectivity index (χ1v) is 4.69. The quantitative estimate of drug-likeness (QED) is 0.540. The minimum absolute atomic E-state index is 0.437. The Balaban J connectivity index is 2.67. The minimum Gasteiger partial charge on any atom is -0.303 e. The second-order valence-electron chi connectivity index (χ2n) is 2.97. The number of hydrogen-bond donors (Lipinski definition) is 0. The van der Waals surface area contributed by atoms with Crippen LogP contribution in [0.1, 0.15) is 17.5 Å². The molecule has 1 rings (SSSR count). The van der Waals surface area contributed by atoms with Crippen LogP contribution in [0.4, 0.5) is 0 Å². The fourth-order valence-corrected chi connectivity index (χ4v) is 1.13. The van der Waals surface area contributed by atoms with E-state index in [4.69, 9.17) is 0 Å². The highest BCUT2D eigenvalue weighted by atomic mass is 16.1. The standard InChI is InChI=1S/C13H12O2/c14-10-2-1-4-12-6-8-13(9-7-12)5-3-11-15/h1,3-11H,2H2/b4-1?,5-3+. The predicted molar refractivity (Wildman–Crippen MR) is 61.3 cm³/mol. The van der Waals surface area contributed by atoms with E-state index >= 15 is 0 Å². The van der Waals surface area contributed by atoms with E-state index in [-0.39, 0.29) is 0 Å². The van der Waals surface area contributed by atoms with E-state index in [9.17, 15) is 9.59 Å². The van der Waals surface area contributed by atoms with E-state index in [0.29, 0.717) is 6.42 Å². The average Bonchev–Trinajstić information content (AvgIpc) is 2.28. The van der Waals surface area contributed by atoms with Gasteiger partial charge < -0.3 is 4.79 Å². The molecule has 0 heterocycles. The number of aldehydes is 2. The van der Waals surface area contributed by atoms with E-state index in [0.717, 1.165) is 23.7 Å². The van der Waals surface area contributed by atoms with Crippen molar-refractivity contribution in [1.29, 1.82) is 0 Å². The molecule has 76 valence electrons. The lowest BCUT2D eigenvalue weighted by atomic mass is 10.1. The molecule has 1 aromatic carbocycles. The summed E-state index contributed by atoms with van der Waals surface area (Å²) in [5.74, 6) is 0. The molecule has 0 unspecified atom stereocenters. The zero-order valence-electron chi connectivity index (χ0n) is 8.30. The van der Waals surface area contributed by atoms with Gasteiger partial charge in [-0.05, 0) is 17.2 Å². The smallest absolute Gasteiger partial charge is 0.142 e. The Morgan fingerprint density at radius 3 is 2.07 bits per heavy atom. The van der Waals surface area contributed by atoms with Gasteiger partial charge in [-0.2, -0.15) is 0 Å². The third kappa shape index (κ3) is 4.18. The second kappa shape index (κ2) is 6.49. The summed E-state index contributed by atoms with van der Waals surface area (Å²) >= 11 is 0. The molecule has 2 nitrogen and oxygen atoms in total. The van der Waals surface area contributed by atoms with Crippen LogP contribution in [-0.4, -0.2) is 12.6 Å². The summed E-state index contributed by atoms with van der Waals surface area (Å²) in [4.78, 5) is 20.2. The monoisotopic (exact) mass is 200 g/mol. The van der Waals surface area contributed by atoms with Gasteiger partial charge in [0.15, 0.2) is 0 Å². The largest absolute Gasteiger partial charge is 0.303 e. The molecule has 0 aliphatic carbocycles. The molecule has 0 spiro atoms. The number of hydrogen-bond acceptors (Lipinski definition) is 2. The van der Waals surface area contributed by atoms with Crippen molar-refractivity contribution in [3.8, 4) is 0 Å². The molecule has 0 N–H and O–H groups in total. The molecular formula is C13H12O2. The van der Waals surface area contributed by atoms with E-state index in [1.165, 1.54) is 6.08 Å². The molecular weight excluding hydrogens is 188 g/mol. The summed E-state index contributed by atoms with van der Waals surface area (Å²) in [6, 6.07) is 7.71.